The monoisotopic (exact) mass is 528 g/mol. The van der Waals surface area contributed by atoms with Gasteiger partial charge in [-0.2, -0.15) is 22.0 Å². The first-order valence-corrected chi connectivity index (χ1v) is 11.2. The van der Waals surface area contributed by atoms with E-state index in [1.165, 1.54) is 25.4 Å². The first kappa shape index (κ1) is 27.4. The van der Waals surface area contributed by atoms with Gasteiger partial charge in [-0.25, -0.2) is 19.9 Å². The SMILES string of the molecule is [B]C([B])(Nc1ccc(C(F)(F)F)cn1)C1C(C)OC(F)(F)CN1C(=O)c1nc(C)ccc1-c1ncccn1. The number of amides is 1. The Morgan fingerprint density at radius 1 is 1.13 bits per heavy atom. The molecule has 3 aromatic rings. The van der Waals surface area contributed by atoms with Crippen molar-refractivity contribution in [3.63, 3.8) is 0 Å². The summed E-state index contributed by atoms with van der Waals surface area (Å²) in [6.45, 7) is 1.61. The molecule has 38 heavy (non-hydrogen) atoms. The Hall–Kier alpha value is -3.61. The number of nitrogens with one attached hydrogen (secondary N) is 1. The van der Waals surface area contributed by atoms with Crippen molar-refractivity contribution in [2.24, 2.45) is 0 Å². The van der Waals surface area contributed by atoms with Gasteiger partial charge in [0.05, 0.1) is 39.0 Å². The molecule has 1 fully saturated rings. The van der Waals surface area contributed by atoms with Crippen LogP contribution in [0.2, 0.25) is 0 Å². The van der Waals surface area contributed by atoms with Gasteiger partial charge >= 0.3 is 12.3 Å². The van der Waals surface area contributed by atoms with Crippen molar-refractivity contribution in [1.82, 2.24) is 24.8 Å². The number of nitrogens with zero attached hydrogens (tertiary/aromatic N) is 5. The molecule has 2 unspecified atom stereocenters. The molecule has 0 saturated carbocycles. The molecule has 3 aromatic heterocycles. The van der Waals surface area contributed by atoms with Crippen molar-refractivity contribution >= 4 is 27.4 Å². The number of rotatable bonds is 5. The minimum atomic E-state index is -4.63. The second-order valence-corrected chi connectivity index (χ2v) is 8.75. The quantitative estimate of drug-likeness (QED) is 0.402. The number of carbonyl (C=O) groups is 1. The van der Waals surface area contributed by atoms with Gasteiger partial charge in [0.2, 0.25) is 0 Å². The number of halogens is 5. The van der Waals surface area contributed by atoms with E-state index >= 15 is 0 Å². The topological polar surface area (TPSA) is 93.1 Å². The lowest BCUT2D eigenvalue weighted by molar-refractivity contribution is -0.299. The number of hydrogen-bond donors (Lipinski definition) is 1. The van der Waals surface area contributed by atoms with Crippen LogP contribution in [0.25, 0.3) is 11.4 Å². The van der Waals surface area contributed by atoms with Crippen molar-refractivity contribution in [2.75, 3.05) is 11.9 Å². The minimum Gasteiger partial charge on any atom is -0.380 e. The van der Waals surface area contributed by atoms with Gasteiger partial charge in [0.15, 0.2) is 5.82 Å². The number of hydrogen-bond acceptors (Lipinski definition) is 7. The predicted octanol–water partition coefficient (Wildman–Crippen LogP) is 3.19. The van der Waals surface area contributed by atoms with E-state index in [1.807, 2.05) is 0 Å². The van der Waals surface area contributed by atoms with E-state index in [9.17, 15) is 26.7 Å². The molecule has 1 saturated heterocycles. The van der Waals surface area contributed by atoms with Crippen molar-refractivity contribution in [3.8, 4) is 11.4 Å². The molecule has 4 radical (unpaired) electrons. The molecule has 4 rings (SSSR count). The fraction of sp³-hybridized carbons (Fsp3) is 0.348. The fourth-order valence-electron chi connectivity index (χ4n) is 4.17. The molecule has 8 nitrogen and oxygen atoms in total. The third-order valence-electron chi connectivity index (χ3n) is 5.72. The molecular formula is C23H19B2F5N6O2. The number of morpholine rings is 1. The average molecular weight is 528 g/mol. The second kappa shape index (κ2) is 9.93. The zero-order valence-electron chi connectivity index (χ0n) is 20.1. The van der Waals surface area contributed by atoms with Gasteiger partial charge < -0.3 is 15.0 Å². The molecule has 194 valence electrons. The Balaban J connectivity index is 1.72. The normalized spacial score (nSPS) is 19.7. The molecule has 2 atom stereocenters. The summed E-state index contributed by atoms with van der Waals surface area (Å²) >= 11 is 0. The molecule has 4 heterocycles. The molecule has 0 aliphatic carbocycles. The number of ether oxygens (including phenoxy) is 1. The van der Waals surface area contributed by atoms with Crippen LogP contribution >= 0.6 is 0 Å². The Bertz CT molecular complexity index is 1310. The van der Waals surface area contributed by atoms with E-state index in [1.54, 1.807) is 19.1 Å². The lowest BCUT2D eigenvalue weighted by atomic mass is 9.55. The van der Waals surface area contributed by atoms with Gasteiger partial charge in [0.1, 0.15) is 18.1 Å². The van der Waals surface area contributed by atoms with Crippen LogP contribution in [0, 0.1) is 6.92 Å². The van der Waals surface area contributed by atoms with Crippen LogP contribution in [0.4, 0.5) is 27.8 Å². The standard InChI is InChI=1S/C23H19B2F5N6O2/c1-12-4-6-15(19-31-8-3-9-32-19)17(34-12)20(37)36-11-21(26,27)38-13(2)18(36)22(24,25)35-16-7-5-14(10-33-16)23(28,29)30/h3-10,13,18H,11H2,1-2H3,(H,33,35). The summed E-state index contributed by atoms with van der Waals surface area (Å²) < 4.78 is 72.6. The Kier molecular flexibility index (Phi) is 7.17. The van der Waals surface area contributed by atoms with Crippen LogP contribution < -0.4 is 5.32 Å². The summed E-state index contributed by atoms with van der Waals surface area (Å²) in [5.74, 6) is -1.02. The smallest absolute Gasteiger partial charge is 0.380 e. The van der Waals surface area contributed by atoms with Crippen LogP contribution in [-0.2, 0) is 10.9 Å². The summed E-state index contributed by atoms with van der Waals surface area (Å²) in [6, 6.07) is 4.95. The van der Waals surface area contributed by atoms with E-state index < -0.39 is 47.8 Å². The molecule has 1 amide bonds. The highest BCUT2D eigenvalue weighted by atomic mass is 19.4. The predicted molar refractivity (Wildman–Crippen MR) is 127 cm³/mol. The number of pyridine rings is 2. The first-order chi connectivity index (χ1) is 17.7. The highest BCUT2D eigenvalue weighted by molar-refractivity contribution is 6.42. The number of aromatic nitrogens is 4. The summed E-state index contributed by atoms with van der Waals surface area (Å²) in [7, 11) is 12.5. The van der Waals surface area contributed by atoms with Gasteiger partial charge in [0, 0.05) is 24.3 Å². The highest BCUT2D eigenvalue weighted by Crippen LogP contribution is 2.35. The van der Waals surface area contributed by atoms with Gasteiger partial charge in [-0.05, 0) is 49.5 Å². The van der Waals surface area contributed by atoms with E-state index in [4.69, 9.17) is 20.4 Å². The van der Waals surface area contributed by atoms with Crippen LogP contribution in [0.15, 0.2) is 48.9 Å². The molecule has 1 aliphatic heterocycles. The van der Waals surface area contributed by atoms with E-state index in [2.05, 4.69) is 25.3 Å². The van der Waals surface area contributed by atoms with Crippen LogP contribution in [0.5, 0.6) is 0 Å². The van der Waals surface area contributed by atoms with Crippen molar-refractivity contribution < 1.29 is 31.5 Å². The Labute approximate surface area is 216 Å². The summed E-state index contributed by atoms with van der Waals surface area (Å²) in [6.07, 6.45) is -6.39. The van der Waals surface area contributed by atoms with Gasteiger partial charge in [-0.1, -0.05) is 0 Å². The Morgan fingerprint density at radius 3 is 2.42 bits per heavy atom. The van der Waals surface area contributed by atoms with E-state index in [-0.39, 0.29) is 22.9 Å². The lowest BCUT2D eigenvalue weighted by Crippen LogP contribution is -2.70. The van der Waals surface area contributed by atoms with Crippen LogP contribution in [0.3, 0.4) is 0 Å². The van der Waals surface area contributed by atoms with E-state index in [0.717, 1.165) is 17.0 Å². The fourth-order valence-corrected chi connectivity index (χ4v) is 4.17. The van der Waals surface area contributed by atoms with Gasteiger partial charge in [-0.3, -0.25) is 4.79 Å². The molecule has 0 bridgehead atoms. The molecule has 1 N–H and O–H groups in total. The first-order valence-electron chi connectivity index (χ1n) is 11.2. The summed E-state index contributed by atoms with van der Waals surface area (Å²) in [5.41, 5.74) is -0.653. The number of aryl methyl sites for hydroxylation is 1. The third-order valence-corrected chi connectivity index (χ3v) is 5.72. The second-order valence-electron chi connectivity index (χ2n) is 8.75. The summed E-state index contributed by atoms with van der Waals surface area (Å²) in [5, 5.41) is 0.343. The van der Waals surface area contributed by atoms with Crippen molar-refractivity contribution in [3.05, 3.63) is 65.9 Å². The Morgan fingerprint density at radius 2 is 1.82 bits per heavy atom. The maximum Gasteiger partial charge on any atom is 0.417 e. The summed E-state index contributed by atoms with van der Waals surface area (Å²) in [4.78, 5) is 30.6. The highest BCUT2D eigenvalue weighted by Gasteiger charge is 2.52. The maximum absolute atomic E-state index is 14.5. The zero-order valence-corrected chi connectivity index (χ0v) is 20.1. The van der Waals surface area contributed by atoms with Gasteiger partial charge in [0.25, 0.3) is 5.91 Å². The average Bonchev–Trinajstić information content (AvgIpc) is 2.82. The van der Waals surface area contributed by atoms with Crippen LogP contribution in [0.1, 0.15) is 28.7 Å². The third kappa shape index (κ3) is 5.77. The molecule has 1 aliphatic rings. The minimum absolute atomic E-state index is 0.131. The van der Waals surface area contributed by atoms with Gasteiger partial charge in [-0.15, -0.1) is 0 Å². The number of carbonyl (C=O) groups excluding carboxylic acids is 1. The molecule has 0 aromatic carbocycles. The van der Waals surface area contributed by atoms with Crippen molar-refractivity contribution in [1.29, 1.82) is 0 Å². The van der Waals surface area contributed by atoms with Crippen molar-refractivity contribution in [2.45, 2.75) is 43.6 Å². The number of anilines is 1. The number of alkyl halides is 5. The molecular weight excluding hydrogens is 509 g/mol. The molecule has 15 heteroatoms. The zero-order chi connectivity index (χ0) is 27.9. The maximum atomic E-state index is 14.5. The van der Waals surface area contributed by atoms with E-state index in [0.29, 0.717) is 11.9 Å². The largest absolute Gasteiger partial charge is 0.417 e. The molecule has 0 spiro atoms. The van der Waals surface area contributed by atoms with Crippen LogP contribution in [-0.4, -0.2) is 76.6 Å². The lowest BCUT2D eigenvalue weighted by Gasteiger charge is -2.50.